The molecule has 0 unspecified atom stereocenters. The van der Waals surface area contributed by atoms with Gasteiger partial charge in [0, 0.05) is 5.56 Å². The summed E-state index contributed by atoms with van der Waals surface area (Å²) in [5.41, 5.74) is 2.11. The van der Waals surface area contributed by atoms with Gasteiger partial charge in [0.25, 0.3) is 10.0 Å². The lowest BCUT2D eigenvalue weighted by molar-refractivity contribution is 0.393. The summed E-state index contributed by atoms with van der Waals surface area (Å²) < 4.78 is 51.7. The van der Waals surface area contributed by atoms with Crippen LogP contribution in [-0.4, -0.2) is 20.7 Å². The van der Waals surface area contributed by atoms with Crippen LogP contribution in [0.3, 0.4) is 0 Å². The van der Waals surface area contributed by atoms with Gasteiger partial charge >= 0.3 is 0 Å². The fraction of sp³-hybridized carbons (Fsp3) is 0.167. The molecule has 0 aliphatic rings. The van der Waals surface area contributed by atoms with Gasteiger partial charge in [0.05, 0.1) is 18.5 Å². The van der Waals surface area contributed by atoms with Gasteiger partial charge in [-0.3, -0.25) is 4.72 Å². The Labute approximate surface area is 150 Å². The molecule has 0 spiro atoms. The molecule has 3 rings (SSSR count). The van der Waals surface area contributed by atoms with Gasteiger partial charge in [-0.25, -0.2) is 12.8 Å². The van der Waals surface area contributed by atoms with Crippen LogP contribution in [-0.2, 0) is 10.0 Å². The zero-order chi connectivity index (χ0) is 18.9. The topological polar surface area (TPSA) is 81.4 Å². The van der Waals surface area contributed by atoms with E-state index in [2.05, 4.69) is 9.88 Å². The average molecular weight is 376 g/mol. The van der Waals surface area contributed by atoms with E-state index in [1.165, 1.54) is 31.4 Å². The Kier molecular flexibility index (Phi) is 4.69. The number of nitrogens with one attached hydrogen (secondary N) is 1. The molecule has 6 nitrogen and oxygen atoms in total. The minimum absolute atomic E-state index is 0.0678. The second kappa shape index (κ2) is 6.80. The number of aryl methyl sites for hydroxylation is 2. The quantitative estimate of drug-likeness (QED) is 0.730. The molecule has 0 radical (unpaired) electrons. The molecule has 3 aromatic rings. The number of hydrogen-bond donors (Lipinski definition) is 1. The Bertz CT molecular complexity index is 1040. The minimum atomic E-state index is -4.00. The third-order valence-electron chi connectivity index (χ3n) is 3.85. The first kappa shape index (κ1) is 17.9. The largest absolute Gasteiger partial charge is 0.495 e. The first-order valence-electron chi connectivity index (χ1n) is 7.71. The fourth-order valence-electron chi connectivity index (χ4n) is 2.70. The van der Waals surface area contributed by atoms with Crippen LogP contribution in [0.25, 0.3) is 11.1 Å². The highest BCUT2D eigenvalue weighted by molar-refractivity contribution is 7.92. The predicted molar refractivity (Wildman–Crippen MR) is 95.2 cm³/mol. The molecule has 0 fully saturated rings. The van der Waals surface area contributed by atoms with E-state index in [0.717, 1.165) is 11.6 Å². The number of benzene rings is 2. The molecule has 1 aromatic heterocycles. The highest BCUT2D eigenvalue weighted by Gasteiger charge is 2.22. The van der Waals surface area contributed by atoms with E-state index in [0.29, 0.717) is 17.0 Å². The number of aromatic nitrogens is 1. The summed E-state index contributed by atoms with van der Waals surface area (Å²) >= 11 is 0. The molecule has 0 saturated heterocycles. The molecular formula is C18H17FN2O4S. The normalized spacial score (nSPS) is 11.4. The second-order valence-corrected chi connectivity index (χ2v) is 7.33. The van der Waals surface area contributed by atoms with Gasteiger partial charge in [0.2, 0.25) is 0 Å². The summed E-state index contributed by atoms with van der Waals surface area (Å²) in [4.78, 5) is -0.0678. The smallest absolute Gasteiger partial charge is 0.265 e. The summed E-state index contributed by atoms with van der Waals surface area (Å²) in [6.45, 7) is 3.52. The lowest BCUT2D eigenvalue weighted by Gasteiger charge is -2.13. The SMILES string of the molecule is COc1ccc(-c2c(C)noc2C)cc1S(=O)(=O)Nc1cccc(F)c1. The number of anilines is 1. The molecule has 0 saturated carbocycles. The van der Waals surface area contributed by atoms with Gasteiger partial charge in [-0.1, -0.05) is 17.3 Å². The third kappa shape index (κ3) is 3.41. The van der Waals surface area contributed by atoms with Crippen molar-refractivity contribution >= 4 is 15.7 Å². The van der Waals surface area contributed by atoms with Gasteiger partial charge < -0.3 is 9.26 Å². The Morgan fingerprint density at radius 1 is 1.15 bits per heavy atom. The summed E-state index contributed by atoms with van der Waals surface area (Å²) in [5, 5.41) is 3.89. The molecule has 0 amide bonds. The summed E-state index contributed by atoms with van der Waals surface area (Å²) in [5.74, 6) is 0.208. The number of methoxy groups -OCH3 is 1. The monoisotopic (exact) mass is 376 g/mol. The zero-order valence-electron chi connectivity index (χ0n) is 14.4. The molecule has 136 valence electrons. The molecule has 0 atom stereocenters. The van der Waals surface area contributed by atoms with Crippen molar-refractivity contribution < 1.29 is 22.1 Å². The van der Waals surface area contributed by atoms with Crippen molar-refractivity contribution in [1.82, 2.24) is 5.16 Å². The first-order valence-corrected chi connectivity index (χ1v) is 9.20. The number of halogens is 1. The van der Waals surface area contributed by atoms with Crippen molar-refractivity contribution in [3.05, 3.63) is 59.7 Å². The van der Waals surface area contributed by atoms with Crippen molar-refractivity contribution in [2.24, 2.45) is 0 Å². The fourth-order valence-corrected chi connectivity index (χ4v) is 3.95. The van der Waals surface area contributed by atoms with E-state index in [-0.39, 0.29) is 16.3 Å². The molecule has 0 bridgehead atoms. The van der Waals surface area contributed by atoms with Crippen molar-refractivity contribution in [3.8, 4) is 16.9 Å². The van der Waals surface area contributed by atoms with E-state index in [9.17, 15) is 12.8 Å². The second-order valence-electron chi connectivity index (χ2n) is 5.68. The molecule has 1 heterocycles. The van der Waals surface area contributed by atoms with Crippen LogP contribution in [0, 0.1) is 19.7 Å². The van der Waals surface area contributed by atoms with E-state index in [1.807, 2.05) is 0 Å². The molecule has 0 aliphatic heterocycles. The van der Waals surface area contributed by atoms with Crippen LogP contribution in [0.5, 0.6) is 5.75 Å². The van der Waals surface area contributed by atoms with Gasteiger partial charge in [0.15, 0.2) is 0 Å². The Balaban J connectivity index is 2.09. The van der Waals surface area contributed by atoms with Crippen LogP contribution in [0.4, 0.5) is 10.1 Å². The van der Waals surface area contributed by atoms with E-state index in [4.69, 9.17) is 9.26 Å². The maximum Gasteiger partial charge on any atom is 0.265 e. The van der Waals surface area contributed by atoms with Crippen LogP contribution in [0.1, 0.15) is 11.5 Å². The minimum Gasteiger partial charge on any atom is -0.495 e. The van der Waals surface area contributed by atoms with Crippen LogP contribution < -0.4 is 9.46 Å². The molecule has 8 heteroatoms. The lowest BCUT2D eigenvalue weighted by Crippen LogP contribution is -2.14. The van der Waals surface area contributed by atoms with E-state index >= 15 is 0 Å². The van der Waals surface area contributed by atoms with Crippen molar-refractivity contribution in [2.45, 2.75) is 18.7 Å². The number of sulfonamides is 1. The number of ether oxygens (including phenoxy) is 1. The van der Waals surface area contributed by atoms with Crippen LogP contribution in [0.2, 0.25) is 0 Å². The summed E-state index contributed by atoms with van der Waals surface area (Å²) in [6, 6.07) is 9.98. The van der Waals surface area contributed by atoms with E-state index < -0.39 is 15.8 Å². The van der Waals surface area contributed by atoms with Crippen molar-refractivity contribution in [3.63, 3.8) is 0 Å². The molecule has 26 heavy (non-hydrogen) atoms. The molecule has 1 N–H and O–H groups in total. The van der Waals surface area contributed by atoms with Gasteiger partial charge in [0.1, 0.15) is 22.2 Å². The number of hydrogen-bond acceptors (Lipinski definition) is 5. The van der Waals surface area contributed by atoms with Crippen LogP contribution in [0.15, 0.2) is 51.9 Å². The summed E-state index contributed by atoms with van der Waals surface area (Å²) in [6.07, 6.45) is 0. The van der Waals surface area contributed by atoms with Gasteiger partial charge in [-0.05, 0) is 49.7 Å². The first-order chi connectivity index (χ1) is 12.3. The number of nitrogens with zero attached hydrogens (tertiary/aromatic N) is 1. The molecule has 2 aromatic carbocycles. The van der Waals surface area contributed by atoms with Crippen LogP contribution >= 0.6 is 0 Å². The third-order valence-corrected chi connectivity index (χ3v) is 5.25. The molecular weight excluding hydrogens is 359 g/mol. The summed E-state index contributed by atoms with van der Waals surface area (Å²) in [7, 11) is -2.62. The zero-order valence-corrected chi connectivity index (χ0v) is 15.2. The molecule has 0 aliphatic carbocycles. The average Bonchev–Trinajstić information content (AvgIpc) is 2.92. The highest BCUT2D eigenvalue weighted by Crippen LogP contribution is 2.34. The maximum atomic E-state index is 13.4. The maximum absolute atomic E-state index is 13.4. The van der Waals surface area contributed by atoms with Crippen molar-refractivity contribution in [1.29, 1.82) is 0 Å². The predicted octanol–water partition coefficient (Wildman–Crippen LogP) is 3.91. The Hall–Kier alpha value is -2.87. The van der Waals surface area contributed by atoms with Gasteiger partial charge in [-0.15, -0.1) is 0 Å². The Morgan fingerprint density at radius 2 is 1.92 bits per heavy atom. The number of rotatable bonds is 5. The van der Waals surface area contributed by atoms with Crippen molar-refractivity contribution in [2.75, 3.05) is 11.8 Å². The standard InChI is InChI=1S/C18H17FN2O4S/c1-11-18(12(2)25-20-11)13-7-8-16(24-3)17(9-13)26(22,23)21-15-6-4-5-14(19)10-15/h4-10,21H,1-3H3. The highest BCUT2D eigenvalue weighted by atomic mass is 32.2. The lowest BCUT2D eigenvalue weighted by atomic mass is 10.0. The Morgan fingerprint density at radius 3 is 2.54 bits per heavy atom. The van der Waals surface area contributed by atoms with Gasteiger partial charge in [-0.2, -0.15) is 0 Å². The van der Waals surface area contributed by atoms with E-state index in [1.54, 1.807) is 26.0 Å².